The molecule has 0 aromatic heterocycles. The third-order valence-corrected chi connectivity index (χ3v) is 6.11. The predicted molar refractivity (Wildman–Crippen MR) is 117 cm³/mol. The lowest BCUT2D eigenvalue weighted by molar-refractivity contribution is -0.122. The zero-order chi connectivity index (χ0) is 22.4. The van der Waals surface area contributed by atoms with E-state index in [1.54, 1.807) is 6.92 Å². The Kier molecular flexibility index (Phi) is 7.66. The molecule has 31 heavy (non-hydrogen) atoms. The van der Waals surface area contributed by atoms with Crippen LogP contribution < -0.4 is 5.32 Å². The maximum absolute atomic E-state index is 12.8. The van der Waals surface area contributed by atoms with Crippen LogP contribution in [0.2, 0.25) is 0 Å². The van der Waals surface area contributed by atoms with Crippen LogP contribution in [0.4, 0.5) is 0 Å². The number of rotatable bonds is 8. The van der Waals surface area contributed by atoms with Crippen LogP contribution in [0.15, 0.2) is 46.9 Å². The number of carbonyl (C=O) groups is 3. The van der Waals surface area contributed by atoms with Crippen LogP contribution in [0.5, 0.6) is 0 Å². The average molecular weight is 426 g/mol. The van der Waals surface area contributed by atoms with Crippen LogP contribution >= 0.6 is 0 Å². The number of hydrogen-bond acceptors (Lipinski definition) is 5. The van der Waals surface area contributed by atoms with E-state index in [1.807, 2.05) is 24.3 Å². The Labute approximate surface area is 183 Å². The Hall–Kier alpha value is -2.89. The second-order valence-corrected chi connectivity index (χ2v) is 8.22. The summed E-state index contributed by atoms with van der Waals surface area (Å²) in [6.07, 6.45) is 7.32. The van der Waals surface area contributed by atoms with Crippen LogP contribution in [0.1, 0.15) is 56.6 Å². The second kappa shape index (κ2) is 10.4. The van der Waals surface area contributed by atoms with Gasteiger partial charge in [0, 0.05) is 30.0 Å². The summed E-state index contributed by atoms with van der Waals surface area (Å²) in [4.78, 5) is 37.5. The first kappa shape index (κ1) is 22.8. The number of Topliss-reactive ketones (excluding diaryl/α,β-unsaturated/α-hetero) is 2. The molecule has 1 amide bonds. The van der Waals surface area contributed by atoms with Crippen molar-refractivity contribution in [3.63, 3.8) is 0 Å². The van der Waals surface area contributed by atoms with Crippen molar-refractivity contribution in [2.24, 2.45) is 0 Å². The van der Waals surface area contributed by atoms with Gasteiger partial charge in [0.1, 0.15) is 0 Å². The number of ketones is 2. The minimum absolute atomic E-state index is 0.0457. The zero-order valence-electron chi connectivity index (χ0n) is 18.6. The molecule has 1 aromatic carbocycles. The van der Waals surface area contributed by atoms with Gasteiger partial charge < -0.3 is 14.8 Å². The molecular weight excluding hydrogens is 394 g/mol. The molecule has 0 unspecified atom stereocenters. The average Bonchev–Trinajstić information content (AvgIpc) is 2.79. The third-order valence-electron chi connectivity index (χ3n) is 6.11. The maximum atomic E-state index is 12.8. The van der Waals surface area contributed by atoms with Gasteiger partial charge in [0.15, 0.2) is 0 Å². The van der Waals surface area contributed by atoms with E-state index in [9.17, 15) is 14.4 Å². The minimum Gasteiger partial charge on any atom is -0.489 e. The van der Waals surface area contributed by atoms with Gasteiger partial charge in [-0.1, -0.05) is 43.5 Å². The lowest BCUT2D eigenvalue weighted by atomic mass is 9.88. The first-order chi connectivity index (χ1) is 14.9. The van der Waals surface area contributed by atoms with Gasteiger partial charge in [0.25, 0.3) is 0 Å². The van der Waals surface area contributed by atoms with Gasteiger partial charge >= 0.3 is 0 Å². The fourth-order valence-corrected chi connectivity index (χ4v) is 4.24. The Morgan fingerprint density at radius 3 is 2.13 bits per heavy atom. The van der Waals surface area contributed by atoms with Crippen LogP contribution in [0, 0.1) is 0 Å². The topological polar surface area (TPSA) is 81.7 Å². The number of carbonyl (C=O) groups excluding carboxylic acids is 3. The van der Waals surface area contributed by atoms with Gasteiger partial charge in [-0.15, -0.1) is 0 Å². The van der Waals surface area contributed by atoms with Crippen molar-refractivity contribution in [2.45, 2.75) is 64.3 Å². The standard InChI is InChI=1S/C25H31NO5/c1-16-20(23(29)25(31-3)24(30-2)22(16)28)15-18-11-9-17(10-12-18)13-14-21(27)26-19-7-5-4-6-8-19/h9-12,19H,4-8,13-15H2,1-3H3,(H,26,27). The quantitative estimate of drug-likeness (QED) is 0.644. The van der Waals surface area contributed by atoms with Crippen molar-refractivity contribution in [3.8, 4) is 0 Å². The zero-order valence-corrected chi connectivity index (χ0v) is 18.6. The van der Waals surface area contributed by atoms with Gasteiger partial charge in [-0.3, -0.25) is 14.4 Å². The number of allylic oxidation sites excluding steroid dienone is 2. The van der Waals surface area contributed by atoms with Crippen molar-refractivity contribution in [3.05, 3.63) is 58.1 Å². The fourth-order valence-electron chi connectivity index (χ4n) is 4.24. The predicted octanol–water partition coefficient (Wildman–Crippen LogP) is 3.58. The summed E-state index contributed by atoms with van der Waals surface area (Å²) < 4.78 is 10.2. The van der Waals surface area contributed by atoms with Crippen molar-refractivity contribution in [1.82, 2.24) is 5.32 Å². The van der Waals surface area contributed by atoms with Gasteiger partial charge in [0.05, 0.1) is 14.2 Å². The molecule has 2 aliphatic carbocycles. The molecular formula is C25H31NO5. The molecule has 6 nitrogen and oxygen atoms in total. The first-order valence-corrected chi connectivity index (χ1v) is 10.9. The molecule has 0 radical (unpaired) electrons. The lowest BCUT2D eigenvalue weighted by Gasteiger charge is -2.22. The Balaban J connectivity index is 1.59. The van der Waals surface area contributed by atoms with E-state index in [2.05, 4.69) is 5.32 Å². The van der Waals surface area contributed by atoms with Crippen molar-refractivity contribution in [1.29, 1.82) is 0 Å². The number of ether oxygens (including phenoxy) is 2. The van der Waals surface area contributed by atoms with E-state index >= 15 is 0 Å². The molecule has 0 atom stereocenters. The fraction of sp³-hybridized carbons (Fsp3) is 0.480. The van der Waals surface area contributed by atoms with Gasteiger partial charge in [-0.2, -0.15) is 0 Å². The molecule has 1 aromatic rings. The summed E-state index contributed by atoms with van der Waals surface area (Å²) in [6, 6.07) is 8.16. The molecule has 1 N–H and O–H groups in total. The number of benzene rings is 1. The van der Waals surface area contributed by atoms with Crippen LogP contribution in [0.3, 0.4) is 0 Å². The summed E-state index contributed by atoms with van der Waals surface area (Å²) in [7, 11) is 2.71. The lowest BCUT2D eigenvalue weighted by Crippen LogP contribution is -2.36. The maximum Gasteiger partial charge on any atom is 0.228 e. The molecule has 6 heteroatoms. The summed E-state index contributed by atoms with van der Waals surface area (Å²) >= 11 is 0. The van der Waals surface area contributed by atoms with E-state index in [4.69, 9.17) is 9.47 Å². The van der Waals surface area contributed by atoms with Crippen LogP contribution in [-0.4, -0.2) is 37.7 Å². The van der Waals surface area contributed by atoms with E-state index in [1.165, 1.54) is 33.5 Å². The van der Waals surface area contributed by atoms with E-state index in [0.29, 0.717) is 36.5 Å². The molecule has 0 heterocycles. The molecule has 2 aliphatic rings. The van der Waals surface area contributed by atoms with Crippen molar-refractivity contribution >= 4 is 17.5 Å². The second-order valence-electron chi connectivity index (χ2n) is 8.22. The Morgan fingerprint density at radius 1 is 0.935 bits per heavy atom. The van der Waals surface area contributed by atoms with Crippen LogP contribution in [-0.2, 0) is 36.7 Å². The van der Waals surface area contributed by atoms with E-state index < -0.39 is 0 Å². The number of nitrogens with one attached hydrogen (secondary N) is 1. The molecule has 0 spiro atoms. The van der Waals surface area contributed by atoms with Crippen molar-refractivity contribution in [2.75, 3.05) is 14.2 Å². The van der Waals surface area contributed by atoms with Gasteiger partial charge in [0.2, 0.25) is 29.0 Å². The molecule has 0 bridgehead atoms. The number of methoxy groups -OCH3 is 2. The molecule has 3 rings (SSSR count). The largest absolute Gasteiger partial charge is 0.489 e. The summed E-state index contributed by atoms with van der Waals surface area (Å²) in [5, 5.41) is 3.15. The first-order valence-electron chi connectivity index (χ1n) is 10.9. The SMILES string of the molecule is COC1=C(OC)C(=O)C(Cc2ccc(CCC(=O)NC3CCCCC3)cc2)=C(C)C1=O. The number of amides is 1. The summed E-state index contributed by atoms with van der Waals surface area (Å²) in [5.41, 5.74) is 2.79. The van der Waals surface area contributed by atoms with Gasteiger partial charge in [-0.05, 0) is 37.3 Å². The highest BCUT2D eigenvalue weighted by Crippen LogP contribution is 2.28. The van der Waals surface area contributed by atoms with Gasteiger partial charge in [-0.25, -0.2) is 0 Å². The molecule has 0 saturated heterocycles. The molecule has 1 saturated carbocycles. The van der Waals surface area contributed by atoms with E-state index in [0.717, 1.165) is 24.0 Å². The Bertz CT molecular complexity index is 904. The van der Waals surface area contributed by atoms with Crippen molar-refractivity contribution < 1.29 is 23.9 Å². The number of aryl methyl sites for hydroxylation is 1. The number of hydrogen-bond donors (Lipinski definition) is 1. The summed E-state index contributed by atoms with van der Waals surface area (Å²) in [6.45, 7) is 1.64. The monoisotopic (exact) mass is 425 g/mol. The third kappa shape index (κ3) is 5.43. The Morgan fingerprint density at radius 2 is 1.52 bits per heavy atom. The molecule has 166 valence electrons. The highest BCUT2D eigenvalue weighted by molar-refractivity contribution is 6.23. The minimum atomic E-state index is -0.324. The van der Waals surface area contributed by atoms with E-state index in [-0.39, 0.29) is 29.0 Å². The summed E-state index contributed by atoms with van der Waals surface area (Å²) in [5.74, 6) is -0.630. The highest BCUT2D eigenvalue weighted by atomic mass is 16.5. The molecule has 1 fully saturated rings. The normalized spacial score (nSPS) is 17.8. The smallest absolute Gasteiger partial charge is 0.228 e. The van der Waals surface area contributed by atoms with Crippen LogP contribution in [0.25, 0.3) is 0 Å². The highest BCUT2D eigenvalue weighted by Gasteiger charge is 2.34. The molecule has 0 aliphatic heterocycles.